The third-order valence-corrected chi connectivity index (χ3v) is 10.6. The van der Waals surface area contributed by atoms with Gasteiger partial charge in [-0.3, -0.25) is 0 Å². The smallest absolute Gasteiger partial charge is 0.192 e. The highest BCUT2D eigenvalue weighted by Crippen LogP contribution is 2.38. The molecule has 1 aliphatic heterocycles. The summed E-state index contributed by atoms with van der Waals surface area (Å²) in [6, 6.07) is 0. The molecule has 0 amide bonds. The minimum atomic E-state index is -1.79. The third kappa shape index (κ3) is 7.62. The predicted octanol–water partition coefficient (Wildman–Crippen LogP) is 6.41. The molecule has 0 spiro atoms. The fourth-order valence-corrected chi connectivity index (χ4v) is 4.80. The van der Waals surface area contributed by atoms with E-state index in [1.165, 1.54) is 11.1 Å². The van der Waals surface area contributed by atoms with Crippen LogP contribution in [0.5, 0.6) is 0 Å². The van der Waals surface area contributed by atoms with E-state index in [0.29, 0.717) is 12.5 Å². The summed E-state index contributed by atoms with van der Waals surface area (Å²) in [6.45, 7) is 25.3. The van der Waals surface area contributed by atoms with E-state index in [9.17, 15) is 5.11 Å². The minimum absolute atomic E-state index is 0.105. The number of rotatable bonds is 11. The summed E-state index contributed by atoms with van der Waals surface area (Å²) in [4.78, 5) is 0. The number of aliphatic hydroxyl groups excluding tert-OH is 1. The van der Waals surface area contributed by atoms with E-state index in [4.69, 9.17) is 9.16 Å². The Morgan fingerprint density at radius 2 is 1.89 bits per heavy atom. The lowest BCUT2D eigenvalue weighted by molar-refractivity contribution is 0.171. The number of hydrogen-bond acceptors (Lipinski definition) is 3. The zero-order valence-electron chi connectivity index (χ0n) is 19.8. The molecule has 0 unspecified atom stereocenters. The normalized spacial score (nSPS) is 23.5. The van der Waals surface area contributed by atoms with Crippen molar-refractivity contribution in [3.8, 4) is 0 Å². The van der Waals surface area contributed by atoms with Crippen LogP contribution < -0.4 is 0 Å². The monoisotopic (exact) mass is 408 g/mol. The Hall–Kier alpha value is -0.683. The van der Waals surface area contributed by atoms with Gasteiger partial charge in [-0.25, -0.2) is 0 Å². The first-order chi connectivity index (χ1) is 12.7. The van der Waals surface area contributed by atoms with Crippen LogP contribution in [0.15, 0.2) is 35.5 Å². The molecule has 0 aromatic carbocycles. The molecule has 0 aliphatic carbocycles. The maximum atomic E-state index is 9.41. The van der Waals surface area contributed by atoms with Crippen molar-refractivity contribution < 1.29 is 14.3 Å². The van der Waals surface area contributed by atoms with Crippen molar-refractivity contribution in [2.45, 2.75) is 97.6 Å². The zero-order chi connectivity index (χ0) is 21.8. The largest absolute Gasteiger partial charge is 0.410 e. The first-order valence-corrected chi connectivity index (χ1v) is 13.6. The van der Waals surface area contributed by atoms with Crippen molar-refractivity contribution in [3.05, 3.63) is 35.5 Å². The molecule has 0 radical (unpaired) electrons. The molecule has 1 rings (SSSR count). The molecule has 0 bridgehead atoms. The van der Waals surface area contributed by atoms with Crippen LogP contribution >= 0.6 is 0 Å². The average Bonchev–Trinajstić information content (AvgIpc) is 3.30. The third-order valence-electron chi connectivity index (χ3n) is 6.15. The molecule has 0 saturated carbocycles. The Morgan fingerprint density at radius 3 is 2.32 bits per heavy atom. The van der Waals surface area contributed by atoms with Crippen molar-refractivity contribution in [3.63, 3.8) is 0 Å². The highest BCUT2D eigenvalue weighted by atomic mass is 28.4. The van der Waals surface area contributed by atoms with Crippen LogP contribution in [0.1, 0.15) is 67.7 Å². The topological polar surface area (TPSA) is 42.0 Å². The molecule has 28 heavy (non-hydrogen) atoms. The van der Waals surface area contributed by atoms with Gasteiger partial charge in [0.2, 0.25) is 0 Å². The maximum absolute atomic E-state index is 9.41. The number of epoxide rings is 1. The molecule has 1 N–H and O–H groups in total. The number of ether oxygens (including phenoxy) is 1. The van der Waals surface area contributed by atoms with Crippen molar-refractivity contribution >= 4 is 8.32 Å². The fraction of sp³-hybridized carbons (Fsp3) is 0.750. The number of allylic oxidation sites excluding steroid dienone is 3. The van der Waals surface area contributed by atoms with Gasteiger partial charge in [-0.2, -0.15) is 0 Å². The Kier molecular flexibility index (Phi) is 8.95. The van der Waals surface area contributed by atoms with Gasteiger partial charge in [0, 0.05) is 6.42 Å². The predicted molar refractivity (Wildman–Crippen MR) is 123 cm³/mol. The molecule has 1 fully saturated rings. The lowest BCUT2D eigenvalue weighted by atomic mass is 9.94. The highest BCUT2D eigenvalue weighted by Gasteiger charge is 2.44. The summed E-state index contributed by atoms with van der Waals surface area (Å²) < 4.78 is 12.0. The summed E-state index contributed by atoms with van der Waals surface area (Å²) in [5, 5.41) is 9.62. The zero-order valence-corrected chi connectivity index (χ0v) is 20.8. The first-order valence-electron chi connectivity index (χ1n) is 10.7. The van der Waals surface area contributed by atoms with Gasteiger partial charge in [0.25, 0.3) is 0 Å². The Bertz CT molecular complexity index is 591. The summed E-state index contributed by atoms with van der Waals surface area (Å²) in [7, 11) is -1.79. The fourth-order valence-electron chi connectivity index (χ4n) is 3.38. The maximum Gasteiger partial charge on any atom is 0.192 e. The van der Waals surface area contributed by atoms with Gasteiger partial charge in [-0.15, -0.1) is 0 Å². The van der Waals surface area contributed by atoms with E-state index < -0.39 is 8.32 Å². The molecule has 0 aromatic heterocycles. The SMILES string of the molecule is C=C(/C=C(\C)[C@@H](CC)O[Si](C)(C)C(C)(C)C)C[C@H](C)/C=C(\C)C[C@@]1(CO)CO1. The number of hydrogen-bond donors (Lipinski definition) is 1. The van der Waals surface area contributed by atoms with Crippen LogP contribution in [0.4, 0.5) is 0 Å². The molecule has 1 heterocycles. The van der Waals surface area contributed by atoms with E-state index in [2.05, 4.69) is 80.3 Å². The van der Waals surface area contributed by atoms with E-state index in [1.54, 1.807) is 0 Å². The van der Waals surface area contributed by atoms with Crippen LogP contribution in [-0.2, 0) is 9.16 Å². The van der Waals surface area contributed by atoms with Crippen molar-refractivity contribution in [1.29, 1.82) is 0 Å². The van der Waals surface area contributed by atoms with Gasteiger partial charge in [0.15, 0.2) is 8.32 Å². The second-order valence-electron chi connectivity index (χ2n) is 10.3. The Labute approximate surface area is 175 Å². The van der Waals surface area contributed by atoms with Crippen molar-refractivity contribution in [1.82, 2.24) is 0 Å². The molecule has 1 aliphatic rings. The molecular formula is C24H44O3Si. The summed E-state index contributed by atoms with van der Waals surface area (Å²) in [5.41, 5.74) is 3.39. The van der Waals surface area contributed by atoms with E-state index >= 15 is 0 Å². The van der Waals surface area contributed by atoms with Gasteiger partial charge >= 0.3 is 0 Å². The van der Waals surface area contributed by atoms with Crippen LogP contribution in [0, 0.1) is 5.92 Å². The molecule has 162 valence electrons. The van der Waals surface area contributed by atoms with Crippen molar-refractivity contribution in [2.24, 2.45) is 5.92 Å². The standard InChI is InChI=1S/C24H44O3Si/c1-11-22(27-28(9,10)23(6,7)8)21(5)14-19(3)12-18(2)13-20(4)15-24(16-25)17-26-24/h13-14,18,22,25H,3,11-12,15-17H2,1-2,4-10H3/b20-13+,21-14+/t18-,22+,24+/m0/s1. The summed E-state index contributed by atoms with van der Waals surface area (Å²) in [5.74, 6) is 0.410. The van der Waals surface area contributed by atoms with Crippen LogP contribution in [0.25, 0.3) is 0 Å². The van der Waals surface area contributed by atoms with Crippen molar-refractivity contribution in [2.75, 3.05) is 13.2 Å². The summed E-state index contributed by atoms with van der Waals surface area (Å²) >= 11 is 0. The van der Waals surface area contributed by atoms with Crippen LogP contribution in [0.3, 0.4) is 0 Å². The molecule has 3 atom stereocenters. The second-order valence-corrected chi connectivity index (χ2v) is 15.1. The van der Waals surface area contributed by atoms with Gasteiger partial charge in [0.1, 0.15) is 5.60 Å². The quantitative estimate of drug-likeness (QED) is 0.186. The Balaban J connectivity index is 2.68. The van der Waals surface area contributed by atoms with Gasteiger partial charge in [0.05, 0.1) is 19.3 Å². The Morgan fingerprint density at radius 1 is 1.32 bits per heavy atom. The molecule has 4 heteroatoms. The van der Waals surface area contributed by atoms with Crippen LogP contribution in [-0.4, -0.2) is 38.3 Å². The minimum Gasteiger partial charge on any atom is -0.410 e. The highest BCUT2D eigenvalue weighted by molar-refractivity contribution is 6.74. The molecular weight excluding hydrogens is 364 g/mol. The van der Waals surface area contributed by atoms with Gasteiger partial charge < -0.3 is 14.3 Å². The summed E-state index contributed by atoms with van der Waals surface area (Å²) in [6.07, 6.45) is 7.41. The van der Waals surface area contributed by atoms with Gasteiger partial charge in [-0.1, -0.05) is 64.5 Å². The average molecular weight is 409 g/mol. The van der Waals surface area contributed by atoms with E-state index in [1.807, 2.05) is 0 Å². The second kappa shape index (κ2) is 9.88. The first kappa shape index (κ1) is 25.4. The van der Waals surface area contributed by atoms with E-state index in [-0.39, 0.29) is 23.4 Å². The lowest BCUT2D eigenvalue weighted by Crippen LogP contribution is -2.44. The van der Waals surface area contributed by atoms with Crippen LogP contribution in [0.2, 0.25) is 18.1 Å². The number of aliphatic hydroxyl groups is 1. The molecule has 0 aromatic rings. The van der Waals surface area contributed by atoms with Gasteiger partial charge in [-0.05, 0) is 56.3 Å². The van der Waals surface area contributed by atoms with E-state index in [0.717, 1.165) is 24.8 Å². The molecule has 3 nitrogen and oxygen atoms in total. The molecule has 1 saturated heterocycles. The lowest BCUT2D eigenvalue weighted by Gasteiger charge is -2.39.